The highest BCUT2D eigenvalue weighted by molar-refractivity contribution is 14.1. The van der Waals surface area contributed by atoms with E-state index in [9.17, 15) is 0 Å². The number of hydrogen-bond donors (Lipinski definition) is 1. The molecule has 0 aliphatic carbocycles. The summed E-state index contributed by atoms with van der Waals surface area (Å²) in [5.41, 5.74) is 1.41. The lowest BCUT2D eigenvalue weighted by Crippen LogP contribution is -2.44. The SMILES string of the molecule is Ic1ccc(NC2CCOC3(CCSC3)C2)cc1. The number of benzene rings is 1. The summed E-state index contributed by atoms with van der Waals surface area (Å²) in [4.78, 5) is 0. The van der Waals surface area contributed by atoms with E-state index in [1.54, 1.807) is 0 Å². The van der Waals surface area contributed by atoms with Gasteiger partial charge in [0.1, 0.15) is 0 Å². The Hall–Kier alpha value is 0.0600. The van der Waals surface area contributed by atoms with Gasteiger partial charge in [0, 0.05) is 27.7 Å². The maximum absolute atomic E-state index is 6.05. The van der Waals surface area contributed by atoms with Gasteiger partial charge in [-0.2, -0.15) is 11.8 Å². The van der Waals surface area contributed by atoms with E-state index in [4.69, 9.17) is 4.74 Å². The Labute approximate surface area is 126 Å². The summed E-state index contributed by atoms with van der Waals surface area (Å²) in [5, 5.41) is 3.67. The van der Waals surface area contributed by atoms with E-state index in [2.05, 4.69) is 52.2 Å². The van der Waals surface area contributed by atoms with Crippen LogP contribution in [0.25, 0.3) is 0 Å². The van der Waals surface area contributed by atoms with Gasteiger partial charge >= 0.3 is 0 Å². The summed E-state index contributed by atoms with van der Waals surface area (Å²) in [6.45, 7) is 0.905. The second-order valence-corrected chi connectivity index (χ2v) is 7.53. The Balaban J connectivity index is 1.64. The number of halogens is 1. The van der Waals surface area contributed by atoms with E-state index in [1.807, 2.05) is 11.8 Å². The number of rotatable bonds is 2. The maximum Gasteiger partial charge on any atom is 0.0799 e. The van der Waals surface area contributed by atoms with Gasteiger partial charge in [0.05, 0.1) is 5.60 Å². The normalized spacial score (nSPS) is 31.7. The molecule has 2 saturated heterocycles. The third-order valence-electron chi connectivity index (χ3n) is 3.78. The van der Waals surface area contributed by atoms with Gasteiger partial charge in [-0.05, 0) is 71.9 Å². The molecule has 2 heterocycles. The maximum atomic E-state index is 6.05. The average molecular weight is 375 g/mol. The van der Waals surface area contributed by atoms with Crippen LogP contribution in [0.3, 0.4) is 0 Å². The molecule has 0 aromatic heterocycles. The second kappa shape index (κ2) is 5.59. The number of hydrogen-bond acceptors (Lipinski definition) is 3. The summed E-state index contributed by atoms with van der Waals surface area (Å²) >= 11 is 4.38. The fourth-order valence-corrected chi connectivity index (χ4v) is 4.53. The highest BCUT2D eigenvalue weighted by Gasteiger charge is 2.40. The van der Waals surface area contributed by atoms with Crippen LogP contribution in [0.1, 0.15) is 19.3 Å². The number of ether oxygens (including phenoxy) is 1. The molecule has 0 saturated carbocycles. The molecule has 0 bridgehead atoms. The molecule has 0 radical (unpaired) electrons. The van der Waals surface area contributed by atoms with Crippen LogP contribution in [0.4, 0.5) is 5.69 Å². The molecule has 0 amide bonds. The van der Waals surface area contributed by atoms with Crippen LogP contribution in [-0.2, 0) is 4.74 Å². The standard InChI is InChI=1S/C14H18INOS/c15-11-1-3-12(4-2-11)16-13-5-7-17-14(9-13)6-8-18-10-14/h1-4,13,16H,5-10H2. The smallest absolute Gasteiger partial charge is 0.0799 e. The van der Waals surface area contributed by atoms with Gasteiger partial charge in [0.2, 0.25) is 0 Å². The second-order valence-electron chi connectivity index (χ2n) is 5.18. The number of nitrogens with one attached hydrogen (secondary N) is 1. The summed E-state index contributed by atoms with van der Waals surface area (Å²) in [6.07, 6.45) is 3.51. The lowest BCUT2D eigenvalue weighted by atomic mass is 9.90. The van der Waals surface area contributed by atoms with Crippen molar-refractivity contribution in [3.05, 3.63) is 27.8 Å². The Bertz CT molecular complexity index is 403. The molecule has 2 nitrogen and oxygen atoms in total. The number of anilines is 1. The lowest BCUT2D eigenvalue weighted by Gasteiger charge is -2.38. The van der Waals surface area contributed by atoms with Crippen LogP contribution in [0.5, 0.6) is 0 Å². The van der Waals surface area contributed by atoms with Crippen molar-refractivity contribution in [3.63, 3.8) is 0 Å². The first-order chi connectivity index (χ1) is 8.76. The lowest BCUT2D eigenvalue weighted by molar-refractivity contribution is -0.0628. The van der Waals surface area contributed by atoms with Crippen molar-refractivity contribution in [2.75, 3.05) is 23.4 Å². The predicted octanol–water partition coefficient (Wildman–Crippen LogP) is 3.76. The third-order valence-corrected chi connectivity index (χ3v) is 5.72. The molecule has 98 valence electrons. The fourth-order valence-electron chi connectivity index (χ4n) is 2.80. The van der Waals surface area contributed by atoms with E-state index in [1.165, 1.54) is 27.2 Å². The minimum Gasteiger partial charge on any atom is -0.382 e. The molecule has 2 unspecified atom stereocenters. The minimum atomic E-state index is 0.170. The molecule has 4 heteroatoms. The van der Waals surface area contributed by atoms with Crippen molar-refractivity contribution >= 4 is 40.0 Å². The Morgan fingerprint density at radius 2 is 2.17 bits per heavy atom. The fraction of sp³-hybridized carbons (Fsp3) is 0.571. The number of thioether (sulfide) groups is 1. The van der Waals surface area contributed by atoms with Crippen molar-refractivity contribution in [2.45, 2.75) is 30.9 Å². The first kappa shape index (κ1) is 13.1. The van der Waals surface area contributed by atoms with Crippen LogP contribution in [0, 0.1) is 3.57 Å². The zero-order valence-corrected chi connectivity index (χ0v) is 13.3. The van der Waals surface area contributed by atoms with Crippen LogP contribution in [-0.4, -0.2) is 29.8 Å². The molecule has 1 aromatic rings. The first-order valence-electron chi connectivity index (χ1n) is 6.50. The van der Waals surface area contributed by atoms with Crippen molar-refractivity contribution < 1.29 is 4.74 Å². The quantitative estimate of drug-likeness (QED) is 0.796. The van der Waals surface area contributed by atoms with Gasteiger partial charge < -0.3 is 10.1 Å². The van der Waals surface area contributed by atoms with Gasteiger partial charge in [0.25, 0.3) is 0 Å². The van der Waals surface area contributed by atoms with Crippen LogP contribution < -0.4 is 5.32 Å². The van der Waals surface area contributed by atoms with Crippen molar-refractivity contribution in [1.82, 2.24) is 0 Å². The molecule has 18 heavy (non-hydrogen) atoms. The molecule has 1 aromatic carbocycles. The molecule has 1 N–H and O–H groups in total. The Morgan fingerprint density at radius 1 is 1.33 bits per heavy atom. The van der Waals surface area contributed by atoms with E-state index in [0.29, 0.717) is 6.04 Å². The first-order valence-corrected chi connectivity index (χ1v) is 8.73. The Kier molecular flexibility index (Phi) is 4.06. The molecule has 2 aliphatic rings. The zero-order chi connectivity index (χ0) is 12.4. The van der Waals surface area contributed by atoms with Crippen LogP contribution in [0.2, 0.25) is 0 Å². The van der Waals surface area contributed by atoms with Crippen LogP contribution >= 0.6 is 34.4 Å². The van der Waals surface area contributed by atoms with E-state index in [-0.39, 0.29) is 5.60 Å². The van der Waals surface area contributed by atoms with E-state index < -0.39 is 0 Å². The molecule has 2 fully saturated rings. The third kappa shape index (κ3) is 2.96. The summed E-state index contributed by atoms with van der Waals surface area (Å²) in [6, 6.07) is 9.23. The zero-order valence-electron chi connectivity index (χ0n) is 10.3. The van der Waals surface area contributed by atoms with Crippen molar-refractivity contribution in [3.8, 4) is 0 Å². The van der Waals surface area contributed by atoms with Gasteiger partial charge in [-0.15, -0.1) is 0 Å². The summed E-state index contributed by atoms with van der Waals surface area (Å²) < 4.78 is 7.34. The highest BCUT2D eigenvalue weighted by atomic mass is 127. The van der Waals surface area contributed by atoms with E-state index >= 15 is 0 Å². The minimum absolute atomic E-state index is 0.170. The van der Waals surface area contributed by atoms with Gasteiger partial charge in [-0.25, -0.2) is 0 Å². The average Bonchev–Trinajstić information content (AvgIpc) is 2.80. The van der Waals surface area contributed by atoms with E-state index in [0.717, 1.165) is 19.4 Å². The molecule has 2 aliphatic heterocycles. The molecular formula is C14H18INOS. The molecule has 2 atom stereocenters. The van der Waals surface area contributed by atoms with Gasteiger partial charge in [-0.3, -0.25) is 0 Å². The van der Waals surface area contributed by atoms with Crippen molar-refractivity contribution in [2.24, 2.45) is 0 Å². The van der Waals surface area contributed by atoms with Crippen molar-refractivity contribution in [1.29, 1.82) is 0 Å². The summed E-state index contributed by atoms with van der Waals surface area (Å²) in [7, 11) is 0. The van der Waals surface area contributed by atoms with Crippen LogP contribution in [0.15, 0.2) is 24.3 Å². The van der Waals surface area contributed by atoms with Gasteiger partial charge in [0.15, 0.2) is 0 Å². The molecular weight excluding hydrogens is 357 g/mol. The molecule has 1 spiro atoms. The monoisotopic (exact) mass is 375 g/mol. The largest absolute Gasteiger partial charge is 0.382 e. The Morgan fingerprint density at radius 3 is 2.89 bits per heavy atom. The topological polar surface area (TPSA) is 21.3 Å². The highest BCUT2D eigenvalue weighted by Crippen LogP contribution is 2.38. The summed E-state index contributed by atoms with van der Waals surface area (Å²) in [5.74, 6) is 2.44. The molecule has 3 rings (SSSR count). The predicted molar refractivity (Wildman–Crippen MR) is 86.4 cm³/mol. The van der Waals surface area contributed by atoms with Gasteiger partial charge in [-0.1, -0.05) is 0 Å².